The molecule has 1 fully saturated rings. The predicted octanol–water partition coefficient (Wildman–Crippen LogP) is 2.59. The smallest absolute Gasteiger partial charge is 0.0427 e. The van der Waals surface area contributed by atoms with Crippen LogP contribution in [0.3, 0.4) is 0 Å². The van der Waals surface area contributed by atoms with Gasteiger partial charge in [0.05, 0.1) is 0 Å². The summed E-state index contributed by atoms with van der Waals surface area (Å²) in [7, 11) is 1.98. The number of nitrogens with zero attached hydrogens (tertiary/aromatic N) is 2. The van der Waals surface area contributed by atoms with Gasteiger partial charge in [-0.3, -0.25) is 4.90 Å². The molecule has 1 saturated heterocycles. The van der Waals surface area contributed by atoms with Crippen LogP contribution in [0.5, 0.6) is 0 Å². The van der Waals surface area contributed by atoms with Crippen LogP contribution < -0.4 is 10.2 Å². The summed E-state index contributed by atoms with van der Waals surface area (Å²) in [6, 6.07) is 6.21. The van der Waals surface area contributed by atoms with E-state index in [1.54, 1.807) is 0 Å². The Morgan fingerprint density at radius 1 is 1.21 bits per heavy atom. The van der Waals surface area contributed by atoms with E-state index in [0.29, 0.717) is 0 Å². The average molecular weight is 282 g/mol. The lowest BCUT2D eigenvalue weighted by Gasteiger charge is -2.37. The Bertz CT molecular complexity index is 400. The summed E-state index contributed by atoms with van der Waals surface area (Å²) in [6.07, 6.45) is 1.24. The number of anilines is 1. The number of hydrogen-bond acceptors (Lipinski definition) is 3. The molecule has 0 atom stereocenters. The fraction of sp³-hybridized carbons (Fsp3) is 0.600. The van der Waals surface area contributed by atoms with Crippen LogP contribution in [0.25, 0.3) is 0 Å². The molecule has 0 unspecified atom stereocenters. The molecule has 3 nitrogen and oxygen atoms in total. The molecule has 1 aromatic rings. The number of benzene rings is 1. The second-order valence-corrected chi connectivity index (χ2v) is 5.57. The molecule has 4 heteroatoms. The number of hydrogen-bond donors (Lipinski definition) is 1. The van der Waals surface area contributed by atoms with Gasteiger partial charge in [-0.25, -0.2) is 0 Å². The second kappa shape index (κ2) is 7.13. The number of nitrogens with one attached hydrogen (secondary N) is 1. The molecule has 0 aromatic heterocycles. The topological polar surface area (TPSA) is 18.5 Å². The first kappa shape index (κ1) is 14.6. The van der Waals surface area contributed by atoms with Crippen molar-refractivity contribution in [2.24, 2.45) is 0 Å². The molecule has 1 heterocycles. The van der Waals surface area contributed by atoms with Crippen LogP contribution in [0.1, 0.15) is 18.9 Å². The van der Waals surface area contributed by atoms with E-state index >= 15 is 0 Å². The Morgan fingerprint density at radius 3 is 2.58 bits per heavy atom. The molecule has 0 aliphatic carbocycles. The molecule has 1 aromatic carbocycles. The van der Waals surface area contributed by atoms with E-state index in [4.69, 9.17) is 11.6 Å². The van der Waals surface area contributed by atoms with Crippen molar-refractivity contribution >= 4 is 17.3 Å². The van der Waals surface area contributed by atoms with Gasteiger partial charge in [0, 0.05) is 43.4 Å². The second-order valence-electron chi connectivity index (χ2n) is 5.13. The van der Waals surface area contributed by atoms with E-state index in [0.717, 1.165) is 37.7 Å². The lowest BCUT2D eigenvalue weighted by atomic mass is 10.1. The monoisotopic (exact) mass is 281 g/mol. The van der Waals surface area contributed by atoms with Gasteiger partial charge in [0.2, 0.25) is 0 Å². The molecule has 0 spiro atoms. The molecular weight excluding hydrogens is 258 g/mol. The molecule has 0 radical (unpaired) electrons. The maximum absolute atomic E-state index is 6.16. The largest absolute Gasteiger partial charge is 0.369 e. The predicted molar refractivity (Wildman–Crippen MR) is 83.2 cm³/mol. The normalized spacial score (nSPS) is 16.9. The summed E-state index contributed by atoms with van der Waals surface area (Å²) in [5.41, 5.74) is 2.62. The number of piperazine rings is 1. The molecule has 19 heavy (non-hydrogen) atoms. The lowest BCUT2D eigenvalue weighted by Crippen LogP contribution is -2.46. The van der Waals surface area contributed by atoms with Gasteiger partial charge in [0.25, 0.3) is 0 Å². The Labute approximate surface area is 121 Å². The average Bonchev–Trinajstić information content (AvgIpc) is 2.42. The summed E-state index contributed by atoms with van der Waals surface area (Å²) < 4.78 is 0. The quantitative estimate of drug-likeness (QED) is 0.895. The maximum Gasteiger partial charge on any atom is 0.0427 e. The third-order valence-corrected chi connectivity index (χ3v) is 3.90. The minimum absolute atomic E-state index is 0.825. The molecular formula is C15H24ClN3. The van der Waals surface area contributed by atoms with Crippen molar-refractivity contribution in [1.82, 2.24) is 10.2 Å². The summed E-state index contributed by atoms with van der Waals surface area (Å²) >= 11 is 6.16. The fourth-order valence-corrected chi connectivity index (χ4v) is 2.87. The molecule has 0 saturated carbocycles. The first-order chi connectivity index (χ1) is 9.24. The van der Waals surface area contributed by atoms with Crippen molar-refractivity contribution in [2.75, 3.05) is 44.7 Å². The highest BCUT2D eigenvalue weighted by Crippen LogP contribution is 2.26. The molecule has 1 aliphatic heterocycles. The Kier molecular flexibility index (Phi) is 5.49. The highest BCUT2D eigenvalue weighted by atomic mass is 35.5. The SMILES string of the molecule is CCCN1CCN(c2cc(Cl)ccc2CNC)CC1. The maximum atomic E-state index is 6.16. The highest BCUT2D eigenvalue weighted by molar-refractivity contribution is 6.30. The molecule has 2 rings (SSSR count). The fourth-order valence-electron chi connectivity index (χ4n) is 2.70. The van der Waals surface area contributed by atoms with Gasteiger partial charge in [-0.1, -0.05) is 24.6 Å². The van der Waals surface area contributed by atoms with Gasteiger partial charge in [0.15, 0.2) is 0 Å². The van der Waals surface area contributed by atoms with Crippen LogP contribution in [0.15, 0.2) is 18.2 Å². The zero-order valence-corrected chi connectivity index (χ0v) is 12.7. The minimum Gasteiger partial charge on any atom is -0.369 e. The summed E-state index contributed by atoms with van der Waals surface area (Å²) in [5.74, 6) is 0. The van der Waals surface area contributed by atoms with Gasteiger partial charge in [0.1, 0.15) is 0 Å². The van der Waals surface area contributed by atoms with Crippen molar-refractivity contribution in [3.8, 4) is 0 Å². The first-order valence-corrected chi connectivity index (χ1v) is 7.52. The molecule has 1 aliphatic rings. The van der Waals surface area contributed by atoms with Crippen LogP contribution in [-0.4, -0.2) is 44.7 Å². The zero-order valence-electron chi connectivity index (χ0n) is 12.0. The van der Waals surface area contributed by atoms with E-state index in [1.807, 2.05) is 13.1 Å². The standard InChI is InChI=1S/C15H24ClN3/c1-3-6-18-7-9-19(10-8-18)15-11-14(16)5-4-13(15)12-17-2/h4-5,11,17H,3,6-10,12H2,1-2H3. The van der Waals surface area contributed by atoms with Gasteiger partial charge in [-0.05, 0) is 37.7 Å². The van der Waals surface area contributed by atoms with Gasteiger partial charge in [-0.15, -0.1) is 0 Å². The van der Waals surface area contributed by atoms with Crippen LogP contribution in [0.4, 0.5) is 5.69 Å². The van der Waals surface area contributed by atoms with Crippen molar-refractivity contribution in [3.05, 3.63) is 28.8 Å². The highest BCUT2D eigenvalue weighted by Gasteiger charge is 2.18. The van der Waals surface area contributed by atoms with Crippen molar-refractivity contribution < 1.29 is 0 Å². The van der Waals surface area contributed by atoms with Gasteiger partial charge in [-0.2, -0.15) is 0 Å². The Balaban J connectivity index is 2.07. The van der Waals surface area contributed by atoms with Crippen LogP contribution in [0, 0.1) is 0 Å². The Morgan fingerprint density at radius 2 is 1.95 bits per heavy atom. The van der Waals surface area contributed by atoms with E-state index in [9.17, 15) is 0 Å². The van der Waals surface area contributed by atoms with Gasteiger partial charge >= 0.3 is 0 Å². The molecule has 106 valence electrons. The van der Waals surface area contributed by atoms with E-state index < -0.39 is 0 Å². The molecule has 1 N–H and O–H groups in total. The lowest BCUT2D eigenvalue weighted by molar-refractivity contribution is 0.258. The van der Waals surface area contributed by atoms with Crippen molar-refractivity contribution in [3.63, 3.8) is 0 Å². The van der Waals surface area contributed by atoms with Gasteiger partial charge < -0.3 is 10.2 Å². The van der Waals surface area contributed by atoms with Crippen molar-refractivity contribution in [2.45, 2.75) is 19.9 Å². The Hall–Kier alpha value is -0.770. The summed E-state index contributed by atoms with van der Waals surface area (Å²) in [5, 5.41) is 4.06. The first-order valence-electron chi connectivity index (χ1n) is 7.15. The van der Waals surface area contributed by atoms with E-state index in [-0.39, 0.29) is 0 Å². The van der Waals surface area contributed by atoms with E-state index in [1.165, 1.54) is 24.2 Å². The van der Waals surface area contributed by atoms with E-state index in [2.05, 4.69) is 34.2 Å². The zero-order chi connectivity index (χ0) is 13.7. The van der Waals surface area contributed by atoms with Crippen molar-refractivity contribution in [1.29, 1.82) is 0 Å². The van der Waals surface area contributed by atoms with Crippen LogP contribution >= 0.6 is 11.6 Å². The number of halogens is 1. The third-order valence-electron chi connectivity index (χ3n) is 3.67. The number of rotatable bonds is 5. The molecule has 0 bridgehead atoms. The third kappa shape index (κ3) is 3.85. The minimum atomic E-state index is 0.825. The summed E-state index contributed by atoms with van der Waals surface area (Å²) in [6.45, 7) is 8.84. The summed E-state index contributed by atoms with van der Waals surface area (Å²) in [4.78, 5) is 5.00. The van der Waals surface area contributed by atoms with Crippen LogP contribution in [-0.2, 0) is 6.54 Å². The molecule has 0 amide bonds. The van der Waals surface area contributed by atoms with Crippen LogP contribution in [0.2, 0.25) is 5.02 Å².